The number of nitrogens with zero attached hydrogens (tertiary/aromatic N) is 4. The molecule has 0 unspecified atom stereocenters. The van der Waals surface area contributed by atoms with Gasteiger partial charge in [0, 0.05) is 19.3 Å². The summed E-state index contributed by atoms with van der Waals surface area (Å²) in [5.74, 6) is 0. The molecule has 0 spiro atoms. The molecule has 1 aromatic carbocycles. The molecule has 4 nitrogen and oxygen atoms in total. The van der Waals surface area contributed by atoms with Gasteiger partial charge in [-0.15, -0.1) is 11.3 Å². The van der Waals surface area contributed by atoms with Crippen molar-refractivity contribution in [3.63, 3.8) is 0 Å². The van der Waals surface area contributed by atoms with E-state index in [1.807, 2.05) is 12.3 Å². The average molecular weight is 282 g/mol. The van der Waals surface area contributed by atoms with Crippen molar-refractivity contribution in [2.24, 2.45) is 0 Å². The summed E-state index contributed by atoms with van der Waals surface area (Å²) in [5, 5.41) is 1.18. The second kappa shape index (κ2) is 4.92. The number of aromatic nitrogens is 3. The highest BCUT2D eigenvalue weighted by Gasteiger charge is 2.18. The summed E-state index contributed by atoms with van der Waals surface area (Å²) < 4.78 is 1.27. The smallest absolute Gasteiger partial charge is 0.115 e. The van der Waals surface area contributed by atoms with Crippen LogP contribution < -0.4 is 0 Å². The van der Waals surface area contributed by atoms with Gasteiger partial charge in [0.05, 0.1) is 22.5 Å². The Bertz CT molecular complexity index is 719. The lowest BCUT2D eigenvalue weighted by Crippen LogP contribution is -2.30. The van der Waals surface area contributed by atoms with Gasteiger partial charge in [-0.3, -0.25) is 4.90 Å². The van der Waals surface area contributed by atoms with Gasteiger partial charge in [0.15, 0.2) is 0 Å². The molecule has 3 aromatic rings. The Kier molecular flexibility index (Phi) is 2.94. The molecule has 0 radical (unpaired) electrons. The van der Waals surface area contributed by atoms with Crippen molar-refractivity contribution in [3.05, 3.63) is 53.1 Å². The van der Waals surface area contributed by atoms with Crippen molar-refractivity contribution in [2.45, 2.75) is 19.5 Å². The molecule has 0 bridgehead atoms. The summed E-state index contributed by atoms with van der Waals surface area (Å²) in [7, 11) is 0. The molecule has 0 saturated carbocycles. The fourth-order valence-corrected chi connectivity index (χ4v) is 3.63. The molecule has 0 fully saturated rings. The minimum Gasteiger partial charge on any atom is -0.290 e. The highest BCUT2D eigenvalue weighted by atomic mass is 32.1. The van der Waals surface area contributed by atoms with Crippen molar-refractivity contribution in [1.82, 2.24) is 19.9 Å². The number of fused-ring (bicyclic) bond motifs is 2. The minimum absolute atomic E-state index is 0.897. The third kappa shape index (κ3) is 2.19. The van der Waals surface area contributed by atoms with Crippen molar-refractivity contribution >= 4 is 21.6 Å². The summed E-state index contributed by atoms with van der Waals surface area (Å²) in [6.07, 6.45) is 4.61. The Morgan fingerprint density at radius 1 is 1.25 bits per heavy atom. The van der Waals surface area contributed by atoms with E-state index in [1.165, 1.54) is 15.3 Å². The van der Waals surface area contributed by atoms with Gasteiger partial charge in [0.25, 0.3) is 0 Å². The summed E-state index contributed by atoms with van der Waals surface area (Å²) in [6.45, 7) is 2.85. The first-order valence-electron chi connectivity index (χ1n) is 6.73. The van der Waals surface area contributed by atoms with E-state index in [9.17, 15) is 0 Å². The summed E-state index contributed by atoms with van der Waals surface area (Å²) in [5.41, 5.74) is 3.55. The first-order valence-corrected chi connectivity index (χ1v) is 7.55. The number of thiazole rings is 1. The Hall–Kier alpha value is -1.85. The van der Waals surface area contributed by atoms with Crippen LogP contribution in [-0.2, 0) is 19.5 Å². The monoisotopic (exact) mass is 282 g/mol. The van der Waals surface area contributed by atoms with Crippen LogP contribution in [0.4, 0.5) is 0 Å². The van der Waals surface area contributed by atoms with E-state index in [0.29, 0.717) is 0 Å². The number of rotatable bonds is 2. The predicted molar refractivity (Wildman–Crippen MR) is 79.5 cm³/mol. The highest BCUT2D eigenvalue weighted by Crippen LogP contribution is 2.24. The second-order valence-electron chi connectivity index (χ2n) is 5.03. The van der Waals surface area contributed by atoms with Crippen LogP contribution in [0.3, 0.4) is 0 Å². The van der Waals surface area contributed by atoms with Gasteiger partial charge in [-0.1, -0.05) is 12.1 Å². The van der Waals surface area contributed by atoms with Gasteiger partial charge in [0.2, 0.25) is 0 Å². The molecule has 100 valence electrons. The fraction of sp³-hybridized carbons (Fsp3) is 0.267. The van der Waals surface area contributed by atoms with E-state index in [4.69, 9.17) is 4.98 Å². The molecule has 0 N–H and O–H groups in total. The van der Waals surface area contributed by atoms with Crippen LogP contribution in [0.25, 0.3) is 10.2 Å². The molecule has 0 atom stereocenters. The highest BCUT2D eigenvalue weighted by molar-refractivity contribution is 7.18. The van der Waals surface area contributed by atoms with Gasteiger partial charge >= 0.3 is 0 Å². The first kappa shape index (κ1) is 11.9. The molecule has 3 heterocycles. The first-order chi connectivity index (χ1) is 9.88. The second-order valence-corrected chi connectivity index (χ2v) is 6.15. The SMILES string of the molecule is c1ccc2sc(CN3CCc4cncnc4C3)nc2c1. The van der Waals surface area contributed by atoms with Crippen LogP contribution in [-0.4, -0.2) is 26.4 Å². The Morgan fingerprint density at radius 3 is 3.15 bits per heavy atom. The molecule has 1 aliphatic heterocycles. The molecule has 0 saturated heterocycles. The molecule has 2 aromatic heterocycles. The quantitative estimate of drug-likeness (QED) is 0.724. The average Bonchev–Trinajstić information content (AvgIpc) is 2.89. The van der Waals surface area contributed by atoms with Gasteiger partial charge in [-0.05, 0) is 24.1 Å². The van der Waals surface area contributed by atoms with Crippen molar-refractivity contribution in [1.29, 1.82) is 0 Å². The van der Waals surface area contributed by atoms with E-state index < -0.39 is 0 Å². The summed E-state index contributed by atoms with van der Waals surface area (Å²) in [4.78, 5) is 15.6. The van der Waals surface area contributed by atoms with Gasteiger partial charge in [-0.25, -0.2) is 15.0 Å². The summed E-state index contributed by atoms with van der Waals surface area (Å²) in [6, 6.07) is 8.32. The third-order valence-electron chi connectivity index (χ3n) is 3.65. The van der Waals surface area contributed by atoms with Crippen LogP contribution in [0.2, 0.25) is 0 Å². The lowest BCUT2D eigenvalue weighted by Gasteiger charge is -2.26. The Morgan fingerprint density at radius 2 is 2.20 bits per heavy atom. The predicted octanol–water partition coefficient (Wildman–Crippen LogP) is 2.64. The van der Waals surface area contributed by atoms with Crippen molar-refractivity contribution in [3.8, 4) is 0 Å². The topological polar surface area (TPSA) is 41.9 Å². The zero-order valence-corrected chi connectivity index (χ0v) is 11.8. The lowest BCUT2D eigenvalue weighted by molar-refractivity contribution is 0.241. The van der Waals surface area contributed by atoms with Crippen molar-refractivity contribution < 1.29 is 0 Å². The molecule has 4 rings (SSSR count). The third-order valence-corrected chi connectivity index (χ3v) is 4.67. The van der Waals surface area contributed by atoms with Crippen LogP contribution in [0.5, 0.6) is 0 Å². The maximum Gasteiger partial charge on any atom is 0.115 e. The molecule has 5 heteroatoms. The zero-order valence-electron chi connectivity index (χ0n) is 11.0. The van der Waals surface area contributed by atoms with Gasteiger partial charge in [-0.2, -0.15) is 0 Å². The van der Waals surface area contributed by atoms with Crippen LogP contribution in [0.15, 0.2) is 36.8 Å². The van der Waals surface area contributed by atoms with E-state index in [0.717, 1.165) is 37.3 Å². The number of hydrogen-bond donors (Lipinski definition) is 0. The maximum atomic E-state index is 4.71. The number of hydrogen-bond acceptors (Lipinski definition) is 5. The zero-order chi connectivity index (χ0) is 13.4. The molecule has 1 aliphatic rings. The molecule has 20 heavy (non-hydrogen) atoms. The van der Waals surface area contributed by atoms with Crippen LogP contribution in [0, 0.1) is 0 Å². The van der Waals surface area contributed by atoms with Crippen LogP contribution in [0.1, 0.15) is 16.3 Å². The van der Waals surface area contributed by atoms with E-state index in [2.05, 4.69) is 33.1 Å². The number of para-hydroxylation sites is 1. The Balaban J connectivity index is 1.55. The maximum absolute atomic E-state index is 4.71. The Labute approximate surface area is 121 Å². The molecular formula is C15H14N4S. The van der Waals surface area contributed by atoms with E-state index >= 15 is 0 Å². The van der Waals surface area contributed by atoms with Crippen molar-refractivity contribution in [2.75, 3.05) is 6.54 Å². The normalized spacial score (nSPS) is 15.4. The fourth-order valence-electron chi connectivity index (χ4n) is 2.62. The largest absolute Gasteiger partial charge is 0.290 e. The standard InChI is InChI=1S/C15H14N4S/c1-2-4-14-12(3-1)18-15(20-14)9-19-6-5-11-7-16-10-17-13(11)8-19/h1-4,7,10H,5-6,8-9H2. The summed E-state index contributed by atoms with van der Waals surface area (Å²) >= 11 is 1.79. The number of benzene rings is 1. The molecule has 0 aliphatic carbocycles. The molecular weight excluding hydrogens is 268 g/mol. The van der Waals surface area contributed by atoms with Gasteiger partial charge < -0.3 is 0 Å². The molecule has 0 amide bonds. The van der Waals surface area contributed by atoms with Crippen LogP contribution >= 0.6 is 11.3 Å². The lowest BCUT2D eigenvalue weighted by atomic mass is 10.1. The van der Waals surface area contributed by atoms with Gasteiger partial charge in [0.1, 0.15) is 11.3 Å². The minimum atomic E-state index is 0.897. The van der Waals surface area contributed by atoms with E-state index in [1.54, 1.807) is 17.7 Å². The van der Waals surface area contributed by atoms with E-state index in [-0.39, 0.29) is 0 Å².